The quantitative estimate of drug-likeness (QED) is 0.0205. The van der Waals surface area contributed by atoms with Crippen molar-refractivity contribution < 1.29 is 37.3 Å². The van der Waals surface area contributed by atoms with Gasteiger partial charge in [0.05, 0.1) is 34.4 Å². The van der Waals surface area contributed by atoms with Crippen molar-refractivity contribution in [2.45, 2.75) is 180 Å². The van der Waals surface area contributed by atoms with E-state index in [9.17, 15) is 14.3 Å². The van der Waals surface area contributed by atoms with Crippen molar-refractivity contribution in [3.05, 3.63) is 24.3 Å². The van der Waals surface area contributed by atoms with Crippen LogP contribution in [-0.4, -0.2) is 70.7 Å². The van der Waals surface area contributed by atoms with Gasteiger partial charge in [-0.25, -0.2) is 0 Å². The molecule has 0 aliphatic rings. The van der Waals surface area contributed by atoms with E-state index in [1.807, 2.05) is 28.1 Å². The summed E-state index contributed by atoms with van der Waals surface area (Å²) in [6.07, 6.45) is 38.9. The highest BCUT2D eigenvalue weighted by molar-refractivity contribution is 7.45. The van der Waals surface area contributed by atoms with Gasteiger partial charge < -0.3 is 27.9 Å². The Bertz CT molecular complexity index is 858. The molecule has 0 amide bonds. The molecular weight excluding hydrogens is 649 g/mol. The fourth-order valence-electron chi connectivity index (χ4n) is 5.50. The predicted octanol–water partition coefficient (Wildman–Crippen LogP) is 11.0. The van der Waals surface area contributed by atoms with Gasteiger partial charge in [-0.3, -0.25) is 9.36 Å². The predicted molar refractivity (Wildman–Crippen MR) is 208 cm³/mol. The lowest BCUT2D eigenvalue weighted by atomic mass is 10.0. The number of carbonyl (C=O) groups is 1. The summed E-state index contributed by atoms with van der Waals surface area (Å²) < 4.78 is 34.0. The van der Waals surface area contributed by atoms with Gasteiger partial charge in [-0.05, 0) is 44.9 Å². The monoisotopic (exact) mass is 730 g/mol. The number of carbonyl (C=O) groups excluding carboxylic acids is 1. The topological polar surface area (TPSA) is 94.1 Å². The molecule has 0 aliphatic heterocycles. The second kappa shape index (κ2) is 35.0. The van der Waals surface area contributed by atoms with Crippen molar-refractivity contribution in [2.75, 3.05) is 54.1 Å². The molecular formula is C41H80NO7P. The molecule has 8 nitrogen and oxygen atoms in total. The van der Waals surface area contributed by atoms with Crippen molar-refractivity contribution in [1.29, 1.82) is 0 Å². The zero-order chi connectivity index (χ0) is 37.0. The van der Waals surface area contributed by atoms with Crippen LogP contribution in [0.1, 0.15) is 174 Å². The minimum atomic E-state index is -4.49. The summed E-state index contributed by atoms with van der Waals surface area (Å²) in [6.45, 7) is 5.16. The molecule has 0 bridgehead atoms. The van der Waals surface area contributed by atoms with E-state index in [0.29, 0.717) is 24.1 Å². The second-order valence-electron chi connectivity index (χ2n) is 15.0. The van der Waals surface area contributed by atoms with Crippen LogP contribution in [0.2, 0.25) is 0 Å². The Balaban J connectivity index is 3.74. The number of allylic oxidation sites excluding steroid dienone is 4. The maximum absolute atomic E-state index is 12.2. The third kappa shape index (κ3) is 38.2. The van der Waals surface area contributed by atoms with Crippen molar-refractivity contribution >= 4 is 13.8 Å². The lowest BCUT2D eigenvalue weighted by Crippen LogP contribution is -2.37. The zero-order valence-corrected chi connectivity index (χ0v) is 34.2. The molecule has 0 aliphatic carbocycles. The summed E-state index contributed by atoms with van der Waals surface area (Å²) in [5, 5.41) is 0. The minimum Gasteiger partial charge on any atom is -0.756 e. The molecule has 0 aromatic rings. The average molecular weight is 730 g/mol. The number of likely N-dealkylation sites (N-methyl/N-ethyl adjacent to an activating group) is 1. The fraction of sp³-hybridized carbons (Fsp3) is 0.878. The van der Waals surface area contributed by atoms with E-state index in [0.717, 1.165) is 32.1 Å². The Morgan fingerprint density at radius 3 is 1.60 bits per heavy atom. The van der Waals surface area contributed by atoms with Crippen LogP contribution in [0.3, 0.4) is 0 Å². The Morgan fingerprint density at radius 2 is 1.10 bits per heavy atom. The largest absolute Gasteiger partial charge is 0.756 e. The number of esters is 1. The van der Waals surface area contributed by atoms with Gasteiger partial charge in [0.15, 0.2) is 0 Å². The third-order valence-electron chi connectivity index (χ3n) is 8.76. The number of ether oxygens (including phenoxy) is 2. The summed E-state index contributed by atoms with van der Waals surface area (Å²) in [4.78, 5) is 24.3. The van der Waals surface area contributed by atoms with Crippen LogP contribution >= 0.6 is 7.82 Å². The molecule has 0 saturated heterocycles. The van der Waals surface area contributed by atoms with Gasteiger partial charge in [0.1, 0.15) is 19.3 Å². The summed E-state index contributed by atoms with van der Waals surface area (Å²) in [5.41, 5.74) is 0. The van der Waals surface area contributed by atoms with Gasteiger partial charge in [-0.15, -0.1) is 0 Å². The van der Waals surface area contributed by atoms with Gasteiger partial charge in [0.2, 0.25) is 0 Å². The number of nitrogens with zero attached hydrogens (tertiary/aromatic N) is 1. The number of hydrogen-bond acceptors (Lipinski definition) is 7. The molecule has 0 rings (SSSR count). The molecule has 0 aromatic heterocycles. The number of rotatable bonds is 38. The zero-order valence-electron chi connectivity index (χ0n) is 33.4. The number of phosphoric acid groups is 1. The van der Waals surface area contributed by atoms with Crippen LogP contribution in [0.15, 0.2) is 24.3 Å². The molecule has 9 heteroatoms. The first-order chi connectivity index (χ1) is 24.1. The number of phosphoric ester groups is 1. The van der Waals surface area contributed by atoms with Crippen LogP contribution in [0.5, 0.6) is 0 Å². The van der Waals surface area contributed by atoms with E-state index in [4.69, 9.17) is 18.5 Å². The Labute approximate surface area is 309 Å². The lowest BCUT2D eigenvalue weighted by molar-refractivity contribution is -0.870. The van der Waals surface area contributed by atoms with Gasteiger partial charge >= 0.3 is 5.97 Å². The highest BCUT2D eigenvalue weighted by Gasteiger charge is 2.20. The molecule has 0 saturated carbocycles. The first-order valence-corrected chi connectivity index (χ1v) is 22.0. The number of quaternary nitrogens is 1. The van der Waals surface area contributed by atoms with Gasteiger partial charge in [-0.2, -0.15) is 0 Å². The summed E-state index contributed by atoms with van der Waals surface area (Å²) in [5.74, 6) is -0.368. The molecule has 0 heterocycles. The molecule has 0 radical (unpaired) electrons. The molecule has 50 heavy (non-hydrogen) atoms. The van der Waals surface area contributed by atoms with Crippen molar-refractivity contribution in [3.63, 3.8) is 0 Å². The SMILES string of the molecule is CCCCCCC/C=C\C/C=C\CCCCCCCCCCCCCCCCOCC(COP(=O)([O-])OCC[N+](C)(C)C)OC(=O)CCCC. The molecule has 2 unspecified atom stereocenters. The van der Waals surface area contributed by atoms with E-state index in [1.54, 1.807) is 0 Å². The molecule has 0 aromatic carbocycles. The highest BCUT2D eigenvalue weighted by atomic mass is 31.2. The Kier molecular flexibility index (Phi) is 34.3. The van der Waals surface area contributed by atoms with Crippen molar-refractivity contribution in [2.24, 2.45) is 0 Å². The smallest absolute Gasteiger partial charge is 0.306 e. The maximum atomic E-state index is 12.2. The maximum Gasteiger partial charge on any atom is 0.306 e. The highest BCUT2D eigenvalue weighted by Crippen LogP contribution is 2.38. The standard InChI is InChI=1S/C41H80NO7P/c1-6-8-10-11-12-13-14-15-16-17-18-19-20-21-22-23-24-25-26-27-28-29-30-31-32-33-36-46-38-40(49-41(43)34-9-7-2)39-48-50(44,45)47-37-35-42(3,4)5/h14-15,17-18,40H,6-13,16,19-39H2,1-5H3/b15-14-,18-17-. The third-order valence-corrected chi connectivity index (χ3v) is 9.72. The summed E-state index contributed by atoms with van der Waals surface area (Å²) >= 11 is 0. The van der Waals surface area contributed by atoms with Crippen molar-refractivity contribution in [1.82, 2.24) is 0 Å². The van der Waals surface area contributed by atoms with Crippen LogP contribution in [-0.2, 0) is 27.9 Å². The van der Waals surface area contributed by atoms with E-state index in [1.165, 1.54) is 122 Å². The minimum absolute atomic E-state index is 0.0263. The summed E-state index contributed by atoms with van der Waals surface area (Å²) in [7, 11) is 1.35. The Morgan fingerprint density at radius 1 is 0.620 bits per heavy atom. The number of unbranched alkanes of at least 4 members (excludes halogenated alkanes) is 20. The molecule has 0 N–H and O–H groups in total. The van der Waals surface area contributed by atoms with Crippen molar-refractivity contribution in [3.8, 4) is 0 Å². The first kappa shape index (κ1) is 49.0. The average Bonchev–Trinajstić information content (AvgIpc) is 3.06. The van der Waals surface area contributed by atoms with Crippen LogP contribution in [0.25, 0.3) is 0 Å². The van der Waals surface area contributed by atoms with Crippen LogP contribution in [0.4, 0.5) is 0 Å². The van der Waals surface area contributed by atoms with E-state index < -0.39 is 13.9 Å². The fourth-order valence-corrected chi connectivity index (χ4v) is 6.22. The van der Waals surface area contributed by atoms with Crippen LogP contribution in [0, 0.1) is 0 Å². The Hall–Kier alpha value is -1.02. The molecule has 296 valence electrons. The summed E-state index contributed by atoms with van der Waals surface area (Å²) in [6, 6.07) is 0. The first-order valence-electron chi connectivity index (χ1n) is 20.6. The second-order valence-corrected chi connectivity index (χ2v) is 16.4. The number of hydrogen-bond donors (Lipinski definition) is 0. The van der Waals surface area contributed by atoms with Crippen LogP contribution < -0.4 is 4.89 Å². The van der Waals surface area contributed by atoms with E-state index in [2.05, 4.69) is 31.2 Å². The van der Waals surface area contributed by atoms with E-state index >= 15 is 0 Å². The van der Waals surface area contributed by atoms with Gasteiger partial charge in [-0.1, -0.05) is 147 Å². The normalized spacial score (nSPS) is 14.1. The van der Waals surface area contributed by atoms with Gasteiger partial charge in [0, 0.05) is 13.0 Å². The van der Waals surface area contributed by atoms with Gasteiger partial charge in [0.25, 0.3) is 7.82 Å². The molecule has 2 atom stereocenters. The molecule has 0 fully saturated rings. The van der Waals surface area contributed by atoms with E-state index in [-0.39, 0.29) is 25.8 Å². The molecule has 0 spiro atoms. The lowest BCUT2D eigenvalue weighted by Gasteiger charge is -2.28.